The van der Waals surface area contributed by atoms with Gasteiger partial charge in [-0.1, -0.05) is 13.0 Å². The maximum Gasteiger partial charge on any atom is 0.226 e. The third kappa shape index (κ3) is 2.76. The number of carbonyl (C=O) groups is 1. The number of amides is 1. The highest BCUT2D eigenvalue weighted by Gasteiger charge is 2.53. The van der Waals surface area contributed by atoms with Crippen LogP contribution in [0.4, 0.5) is 0 Å². The molecule has 1 aromatic heterocycles. The molecule has 1 aliphatic carbocycles. The van der Waals surface area contributed by atoms with Gasteiger partial charge in [0, 0.05) is 31.0 Å². The van der Waals surface area contributed by atoms with Gasteiger partial charge in [-0.3, -0.25) is 9.78 Å². The van der Waals surface area contributed by atoms with E-state index in [9.17, 15) is 4.79 Å². The molecule has 1 spiro atoms. The van der Waals surface area contributed by atoms with E-state index < -0.39 is 0 Å². The van der Waals surface area contributed by atoms with Gasteiger partial charge in [0.2, 0.25) is 5.91 Å². The zero-order chi connectivity index (χ0) is 15.2. The number of likely N-dealkylation sites (tertiary alicyclic amines) is 1. The lowest BCUT2D eigenvalue weighted by Gasteiger charge is -2.47. The Kier molecular flexibility index (Phi) is 3.65. The third-order valence-electron chi connectivity index (χ3n) is 5.06. The number of pyridine rings is 1. The topological polar surface area (TPSA) is 42.4 Å². The van der Waals surface area contributed by atoms with E-state index in [-0.39, 0.29) is 4.75 Å². The lowest BCUT2D eigenvalue weighted by molar-refractivity contribution is -0.138. The fourth-order valence-corrected chi connectivity index (χ4v) is 5.07. The highest BCUT2D eigenvalue weighted by Crippen LogP contribution is 2.48. The number of rotatable bonds is 4. The van der Waals surface area contributed by atoms with Crippen molar-refractivity contribution >= 4 is 17.7 Å². The first-order valence-electron chi connectivity index (χ1n) is 8.09. The van der Waals surface area contributed by atoms with Gasteiger partial charge in [0.05, 0.1) is 23.2 Å². The van der Waals surface area contributed by atoms with Crippen molar-refractivity contribution in [3.05, 3.63) is 30.1 Å². The monoisotopic (exact) mass is 318 g/mol. The van der Waals surface area contributed by atoms with E-state index in [0.29, 0.717) is 30.5 Å². The van der Waals surface area contributed by atoms with Crippen molar-refractivity contribution in [1.29, 1.82) is 0 Å². The summed E-state index contributed by atoms with van der Waals surface area (Å²) in [5.41, 5.74) is 0.988. The van der Waals surface area contributed by atoms with Gasteiger partial charge in [0.1, 0.15) is 0 Å². The Morgan fingerprint density at radius 1 is 1.50 bits per heavy atom. The molecule has 1 aromatic rings. The maximum absolute atomic E-state index is 12.2. The van der Waals surface area contributed by atoms with Crippen molar-refractivity contribution in [2.45, 2.75) is 37.2 Å². The van der Waals surface area contributed by atoms with E-state index in [2.05, 4.69) is 16.8 Å². The summed E-state index contributed by atoms with van der Waals surface area (Å²) in [6, 6.07) is 5.91. The molecule has 1 saturated carbocycles. The molecule has 0 bridgehead atoms. The Balaban J connectivity index is 1.24. The average molecular weight is 318 g/mol. The molecule has 118 valence electrons. The summed E-state index contributed by atoms with van der Waals surface area (Å²) in [5.74, 6) is 2.35. The molecular weight excluding hydrogens is 296 g/mol. The number of ether oxygens (including phenoxy) is 1. The first-order chi connectivity index (χ1) is 10.7. The van der Waals surface area contributed by atoms with Crippen LogP contribution in [0.5, 0.6) is 0 Å². The molecule has 0 unspecified atom stereocenters. The minimum Gasteiger partial charge on any atom is -0.371 e. The summed E-state index contributed by atoms with van der Waals surface area (Å²) < 4.78 is 6.27. The smallest absolute Gasteiger partial charge is 0.226 e. The molecule has 0 radical (unpaired) electrons. The first kappa shape index (κ1) is 14.5. The molecule has 0 N–H and O–H groups in total. The number of nitrogens with zero attached hydrogens (tertiary/aromatic N) is 2. The summed E-state index contributed by atoms with van der Waals surface area (Å²) in [6.07, 6.45) is 4.25. The Bertz CT molecular complexity index is 559. The van der Waals surface area contributed by atoms with Crippen LogP contribution in [0.3, 0.4) is 0 Å². The van der Waals surface area contributed by atoms with Crippen LogP contribution >= 0.6 is 11.8 Å². The second-order valence-electron chi connectivity index (χ2n) is 6.97. The minimum atomic E-state index is 0.266. The van der Waals surface area contributed by atoms with Gasteiger partial charge >= 0.3 is 0 Å². The van der Waals surface area contributed by atoms with Crippen molar-refractivity contribution in [3.8, 4) is 0 Å². The van der Waals surface area contributed by atoms with Gasteiger partial charge in [-0.05, 0) is 30.9 Å². The Morgan fingerprint density at radius 3 is 3.00 bits per heavy atom. The second-order valence-corrected chi connectivity index (χ2v) is 8.45. The summed E-state index contributed by atoms with van der Waals surface area (Å²) >= 11 is 1.99. The molecule has 4 nitrogen and oxygen atoms in total. The van der Waals surface area contributed by atoms with Gasteiger partial charge < -0.3 is 9.64 Å². The highest BCUT2D eigenvalue weighted by molar-refractivity contribution is 8.01. The summed E-state index contributed by atoms with van der Waals surface area (Å²) in [7, 11) is 0. The molecule has 3 atom stereocenters. The number of carbonyl (C=O) groups excluding carboxylic acids is 1. The van der Waals surface area contributed by atoms with Crippen LogP contribution in [-0.4, -0.2) is 45.5 Å². The van der Waals surface area contributed by atoms with Crippen LogP contribution in [0.1, 0.15) is 25.5 Å². The van der Waals surface area contributed by atoms with E-state index in [4.69, 9.17) is 4.74 Å². The van der Waals surface area contributed by atoms with Gasteiger partial charge in [0.25, 0.3) is 0 Å². The maximum atomic E-state index is 12.2. The molecule has 5 heteroatoms. The molecule has 22 heavy (non-hydrogen) atoms. The van der Waals surface area contributed by atoms with Crippen LogP contribution in [0.15, 0.2) is 24.4 Å². The van der Waals surface area contributed by atoms with Crippen molar-refractivity contribution < 1.29 is 9.53 Å². The van der Waals surface area contributed by atoms with Crippen LogP contribution in [-0.2, 0) is 16.1 Å². The van der Waals surface area contributed by atoms with Crippen LogP contribution < -0.4 is 0 Å². The first-order valence-corrected chi connectivity index (χ1v) is 9.08. The van der Waals surface area contributed by atoms with Gasteiger partial charge in [0.15, 0.2) is 0 Å². The Morgan fingerprint density at radius 2 is 2.32 bits per heavy atom. The van der Waals surface area contributed by atoms with E-state index in [1.807, 2.05) is 30.0 Å². The number of aromatic nitrogens is 1. The number of thioether (sulfide) groups is 1. The molecule has 3 aliphatic rings. The lowest BCUT2D eigenvalue weighted by atomic mass is 9.92. The van der Waals surface area contributed by atoms with E-state index in [0.717, 1.165) is 37.4 Å². The van der Waals surface area contributed by atoms with E-state index in [1.165, 1.54) is 0 Å². The molecule has 0 aromatic carbocycles. The fraction of sp³-hybridized carbons (Fsp3) is 0.647. The van der Waals surface area contributed by atoms with E-state index in [1.54, 1.807) is 6.20 Å². The normalized spacial score (nSPS) is 32.0. The van der Waals surface area contributed by atoms with Crippen molar-refractivity contribution in [1.82, 2.24) is 9.88 Å². The largest absolute Gasteiger partial charge is 0.371 e. The Labute approximate surface area is 135 Å². The molecular formula is C17H22N2O2S. The molecule has 3 heterocycles. The predicted molar refractivity (Wildman–Crippen MR) is 86.5 cm³/mol. The Hall–Kier alpha value is -1.07. The quantitative estimate of drug-likeness (QED) is 0.854. The van der Waals surface area contributed by atoms with Crippen LogP contribution in [0, 0.1) is 11.8 Å². The van der Waals surface area contributed by atoms with Crippen molar-refractivity contribution in [2.75, 3.05) is 18.8 Å². The van der Waals surface area contributed by atoms with Gasteiger partial charge in [-0.15, -0.1) is 11.8 Å². The summed E-state index contributed by atoms with van der Waals surface area (Å²) in [5, 5.41) is 0. The van der Waals surface area contributed by atoms with Crippen molar-refractivity contribution in [3.63, 3.8) is 0 Å². The molecule has 1 amide bonds. The predicted octanol–water partition coefficient (Wildman–Crippen LogP) is 2.34. The lowest BCUT2D eigenvalue weighted by Crippen LogP contribution is -2.61. The molecule has 2 saturated heterocycles. The number of hydrogen-bond acceptors (Lipinski definition) is 4. The minimum absolute atomic E-state index is 0.266. The fourth-order valence-electron chi connectivity index (χ4n) is 3.52. The van der Waals surface area contributed by atoms with Crippen molar-refractivity contribution in [2.24, 2.45) is 11.8 Å². The van der Waals surface area contributed by atoms with Gasteiger partial charge in [-0.25, -0.2) is 0 Å². The molecule has 2 aliphatic heterocycles. The SMILES string of the molecule is C[C@@H]1C[C@H]1C(=O)N1CC2(C[C@H](OCc3ccccn3)CS2)C1. The standard InChI is InChI=1S/C17H22N2O2S/c1-12-6-15(12)16(20)19-10-17(11-19)7-14(9-22-17)21-8-13-4-2-3-5-18-13/h2-5,12,14-15H,6-11H2,1H3/t12-,14+,15-/m1/s1. The van der Waals surface area contributed by atoms with E-state index >= 15 is 0 Å². The second kappa shape index (κ2) is 5.53. The molecule has 4 rings (SSSR count). The zero-order valence-corrected chi connectivity index (χ0v) is 13.7. The van der Waals surface area contributed by atoms with Crippen LogP contribution in [0.2, 0.25) is 0 Å². The zero-order valence-electron chi connectivity index (χ0n) is 12.9. The summed E-state index contributed by atoms with van der Waals surface area (Å²) in [4.78, 5) is 18.6. The van der Waals surface area contributed by atoms with Crippen LogP contribution in [0.25, 0.3) is 0 Å². The highest BCUT2D eigenvalue weighted by atomic mass is 32.2. The third-order valence-corrected chi connectivity index (χ3v) is 6.64. The average Bonchev–Trinajstić information content (AvgIpc) is 3.08. The summed E-state index contributed by atoms with van der Waals surface area (Å²) in [6.45, 7) is 4.60. The van der Waals surface area contributed by atoms with Gasteiger partial charge in [-0.2, -0.15) is 0 Å². The number of hydrogen-bond donors (Lipinski definition) is 0. The molecule has 3 fully saturated rings.